The topological polar surface area (TPSA) is 55.8 Å². The summed E-state index contributed by atoms with van der Waals surface area (Å²) in [6.07, 6.45) is 3.47. The number of ether oxygens (including phenoxy) is 2. The van der Waals surface area contributed by atoms with Crippen molar-refractivity contribution in [1.29, 1.82) is 0 Å². The van der Waals surface area contributed by atoms with Crippen LogP contribution in [-0.4, -0.2) is 37.2 Å². The molecule has 3 aliphatic heterocycles. The minimum absolute atomic E-state index is 0.0622. The average Bonchev–Trinajstić information content (AvgIpc) is 3.15. The molecule has 1 amide bonds. The summed E-state index contributed by atoms with van der Waals surface area (Å²) in [5.74, 6) is -1.47. The van der Waals surface area contributed by atoms with E-state index in [9.17, 15) is 9.59 Å². The van der Waals surface area contributed by atoms with Gasteiger partial charge < -0.3 is 14.4 Å². The Hall–Kier alpha value is -2.14. The molecular formula is C17H17NO4. The van der Waals surface area contributed by atoms with E-state index in [0.29, 0.717) is 6.54 Å². The fourth-order valence-electron chi connectivity index (χ4n) is 3.92. The Balaban J connectivity index is 1.73. The molecule has 0 saturated carbocycles. The van der Waals surface area contributed by atoms with Gasteiger partial charge in [0.25, 0.3) is 0 Å². The Kier molecular flexibility index (Phi) is 2.72. The number of carbonyl (C=O) groups is 2. The van der Waals surface area contributed by atoms with Crippen LogP contribution in [0.25, 0.3) is 0 Å². The SMILES string of the molecule is COC(=O)[C@@H]1[C@@H]2C=C[C@]3(CN(c4cccc(C)c4)C(=O)[C@H]13)O2. The fourth-order valence-corrected chi connectivity index (χ4v) is 3.92. The van der Waals surface area contributed by atoms with Crippen molar-refractivity contribution in [3.05, 3.63) is 42.0 Å². The number of nitrogens with zero attached hydrogens (tertiary/aromatic N) is 1. The number of carbonyl (C=O) groups excluding carboxylic acids is 2. The second-order valence-electron chi connectivity index (χ2n) is 6.19. The van der Waals surface area contributed by atoms with Crippen molar-refractivity contribution in [2.75, 3.05) is 18.6 Å². The van der Waals surface area contributed by atoms with E-state index in [1.165, 1.54) is 7.11 Å². The second kappa shape index (κ2) is 4.43. The van der Waals surface area contributed by atoms with Crippen molar-refractivity contribution in [3.63, 3.8) is 0 Å². The minimum Gasteiger partial charge on any atom is -0.469 e. The zero-order chi connectivity index (χ0) is 15.5. The van der Waals surface area contributed by atoms with Gasteiger partial charge in [0.1, 0.15) is 11.5 Å². The van der Waals surface area contributed by atoms with Gasteiger partial charge in [-0.2, -0.15) is 0 Å². The van der Waals surface area contributed by atoms with Crippen molar-refractivity contribution >= 4 is 17.6 Å². The van der Waals surface area contributed by atoms with Gasteiger partial charge >= 0.3 is 5.97 Å². The van der Waals surface area contributed by atoms with E-state index in [1.807, 2.05) is 43.3 Å². The van der Waals surface area contributed by atoms with E-state index >= 15 is 0 Å². The first kappa shape index (κ1) is 13.5. The number of anilines is 1. The Bertz CT molecular complexity index is 698. The molecule has 1 aromatic carbocycles. The van der Waals surface area contributed by atoms with Gasteiger partial charge in [-0.05, 0) is 24.6 Å². The molecule has 2 saturated heterocycles. The molecule has 0 aromatic heterocycles. The molecule has 5 heteroatoms. The molecule has 4 atom stereocenters. The summed E-state index contributed by atoms with van der Waals surface area (Å²) < 4.78 is 10.9. The highest BCUT2D eigenvalue weighted by molar-refractivity contribution is 6.02. The van der Waals surface area contributed by atoms with Crippen molar-refractivity contribution in [2.45, 2.75) is 18.6 Å². The molecule has 2 fully saturated rings. The van der Waals surface area contributed by atoms with Gasteiger partial charge in [-0.25, -0.2) is 0 Å². The minimum atomic E-state index is -0.690. The maximum Gasteiger partial charge on any atom is 0.312 e. The summed E-state index contributed by atoms with van der Waals surface area (Å²) in [4.78, 5) is 26.7. The number of hydrogen-bond acceptors (Lipinski definition) is 4. The quantitative estimate of drug-likeness (QED) is 0.613. The summed E-state index contributed by atoms with van der Waals surface area (Å²) >= 11 is 0. The smallest absolute Gasteiger partial charge is 0.312 e. The zero-order valence-electron chi connectivity index (χ0n) is 12.5. The summed E-state index contributed by atoms with van der Waals surface area (Å²) in [5.41, 5.74) is 1.24. The highest BCUT2D eigenvalue weighted by Gasteiger charge is 2.67. The van der Waals surface area contributed by atoms with Crippen LogP contribution in [0.1, 0.15) is 5.56 Å². The number of amides is 1. The van der Waals surface area contributed by atoms with Gasteiger partial charge in [0.15, 0.2) is 0 Å². The molecule has 22 heavy (non-hydrogen) atoms. The lowest BCUT2D eigenvalue weighted by Gasteiger charge is -2.22. The molecule has 0 unspecified atom stereocenters. The van der Waals surface area contributed by atoms with Crippen molar-refractivity contribution in [2.24, 2.45) is 11.8 Å². The van der Waals surface area contributed by atoms with E-state index in [4.69, 9.17) is 9.47 Å². The van der Waals surface area contributed by atoms with Crippen LogP contribution in [0.3, 0.4) is 0 Å². The van der Waals surface area contributed by atoms with Crippen LogP contribution in [0.2, 0.25) is 0 Å². The molecule has 2 bridgehead atoms. The zero-order valence-corrected chi connectivity index (χ0v) is 12.5. The fraction of sp³-hybridized carbons (Fsp3) is 0.412. The lowest BCUT2D eigenvalue weighted by molar-refractivity contribution is -0.149. The molecule has 4 rings (SSSR count). The van der Waals surface area contributed by atoms with E-state index in [1.54, 1.807) is 4.90 Å². The monoisotopic (exact) mass is 299 g/mol. The molecule has 1 aromatic rings. The number of rotatable bonds is 2. The maximum atomic E-state index is 12.9. The number of esters is 1. The maximum absolute atomic E-state index is 12.9. The third-order valence-electron chi connectivity index (χ3n) is 4.89. The third kappa shape index (κ3) is 1.63. The van der Waals surface area contributed by atoms with E-state index in [2.05, 4.69) is 0 Å². The number of aryl methyl sites for hydroxylation is 1. The molecule has 0 aliphatic carbocycles. The van der Waals surface area contributed by atoms with Crippen LogP contribution in [0.15, 0.2) is 36.4 Å². The standard InChI is InChI=1S/C17H17NO4/c1-10-4-3-5-11(8-10)18-9-17-7-6-12(22-17)13(16(20)21-2)14(17)15(18)19/h3-8,12-14H,9H2,1-2H3/t12-,13+,14-,17+/m0/s1. The Morgan fingerprint density at radius 2 is 2.27 bits per heavy atom. The lowest BCUT2D eigenvalue weighted by atomic mass is 9.77. The molecule has 3 aliphatic rings. The van der Waals surface area contributed by atoms with E-state index < -0.39 is 17.4 Å². The molecule has 0 N–H and O–H groups in total. The molecule has 5 nitrogen and oxygen atoms in total. The predicted molar refractivity (Wildman–Crippen MR) is 79.3 cm³/mol. The van der Waals surface area contributed by atoms with Crippen LogP contribution in [-0.2, 0) is 19.1 Å². The van der Waals surface area contributed by atoms with Crippen molar-refractivity contribution < 1.29 is 19.1 Å². The van der Waals surface area contributed by atoms with Gasteiger partial charge in [0.2, 0.25) is 5.91 Å². The largest absolute Gasteiger partial charge is 0.469 e. The molecular weight excluding hydrogens is 282 g/mol. The highest BCUT2D eigenvalue weighted by atomic mass is 16.5. The third-order valence-corrected chi connectivity index (χ3v) is 4.89. The van der Waals surface area contributed by atoms with Gasteiger partial charge in [-0.1, -0.05) is 24.3 Å². The molecule has 3 heterocycles. The van der Waals surface area contributed by atoms with Crippen LogP contribution >= 0.6 is 0 Å². The number of fused-ring (bicyclic) bond motifs is 1. The molecule has 0 radical (unpaired) electrons. The van der Waals surface area contributed by atoms with Gasteiger partial charge in [0.05, 0.1) is 25.7 Å². The number of methoxy groups -OCH3 is 1. The van der Waals surface area contributed by atoms with Gasteiger partial charge in [-0.3, -0.25) is 9.59 Å². The first-order valence-electron chi connectivity index (χ1n) is 7.39. The summed E-state index contributed by atoms with van der Waals surface area (Å²) in [5, 5.41) is 0. The van der Waals surface area contributed by atoms with Crippen molar-refractivity contribution in [1.82, 2.24) is 0 Å². The van der Waals surface area contributed by atoms with E-state index in [0.717, 1.165) is 11.3 Å². The van der Waals surface area contributed by atoms with Gasteiger partial charge in [-0.15, -0.1) is 0 Å². The first-order chi connectivity index (χ1) is 10.6. The van der Waals surface area contributed by atoms with Gasteiger partial charge in [0, 0.05) is 5.69 Å². The van der Waals surface area contributed by atoms with E-state index in [-0.39, 0.29) is 18.0 Å². The van der Waals surface area contributed by atoms with Crippen LogP contribution in [0, 0.1) is 18.8 Å². The second-order valence-corrected chi connectivity index (χ2v) is 6.19. The first-order valence-corrected chi connectivity index (χ1v) is 7.39. The highest BCUT2D eigenvalue weighted by Crippen LogP contribution is 2.52. The van der Waals surface area contributed by atoms with Crippen molar-refractivity contribution in [3.8, 4) is 0 Å². The van der Waals surface area contributed by atoms with Crippen LogP contribution < -0.4 is 4.90 Å². The lowest BCUT2D eigenvalue weighted by Crippen LogP contribution is -2.39. The molecule has 114 valence electrons. The average molecular weight is 299 g/mol. The van der Waals surface area contributed by atoms with Crippen LogP contribution in [0.4, 0.5) is 5.69 Å². The Morgan fingerprint density at radius 1 is 1.45 bits per heavy atom. The Morgan fingerprint density at radius 3 is 3.00 bits per heavy atom. The summed E-state index contributed by atoms with van der Waals surface area (Å²) in [6.45, 7) is 2.43. The number of hydrogen-bond donors (Lipinski definition) is 0. The Labute approximate surface area is 128 Å². The predicted octanol–water partition coefficient (Wildman–Crippen LogP) is 1.45. The normalized spacial score (nSPS) is 35.1. The summed E-state index contributed by atoms with van der Waals surface area (Å²) in [6, 6.07) is 7.79. The number of benzene rings is 1. The molecule has 1 spiro atoms. The summed E-state index contributed by atoms with van der Waals surface area (Å²) in [7, 11) is 1.35. The van der Waals surface area contributed by atoms with Crippen LogP contribution in [0.5, 0.6) is 0 Å².